The number of hydrogen-bond acceptors (Lipinski definition) is 6. The molecule has 3 rings (SSSR count). The van der Waals surface area contributed by atoms with Crippen molar-refractivity contribution in [1.29, 1.82) is 0 Å². The molecule has 0 radical (unpaired) electrons. The Bertz CT molecular complexity index is 807. The fourth-order valence-corrected chi connectivity index (χ4v) is 3.74. The molecule has 2 heterocycles. The SMILES string of the molecule is Cc1ncsc1CCC(=O)NC1CC(c2cc(=O)[nH]c(N(C)C)n2)C1. The minimum absolute atomic E-state index is 0.0732. The van der Waals surface area contributed by atoms with Gasteiger partial charge in [-0.3, -0.25) is 14.6 Å². The molecule has 0 bridgehead atoms. The van der Waals surface area contributed by atoms with Crippen LogP contribution in [-0.4, -0.2) is 41.0 Å². The van der Waals surface area contributed by atoms with Crippen LogP contribution in [0.3, 0.4) is 0 Å². The number of hydrogen-bond donors (Lipinski definition) is 2. The maximum absolute atomic E-state index is 12.1. The number of thiazole rings is 1. The third-order valence-electron chi connectivity index (χ3n) is 4.52. The molecule has 0 aromatic carbocycles. The number of H-pyrrole nitrogens is 1. The number of aryl methyl sites for hydroxylation is 2. The van der Waals surface area contributed by atoms with E-state index in [-0.39, 0.29) is 23.4 Å². The summed E-state index contributed by atoms with van der Waals surface area (Å²) in [5.74, 6) is 0.869. The molecule has 1 aliphatic carbocycles. The van der Waals surface area contributed by atoms with E-state index in [0.29, 0.717) is 12.4 Å². The fraction of sp³-hybridized carbons (Fsp3) is 0.529. The molecule has 1 fully saturated rings. The third kappa shape index (κ3) is 4.25. The molecular formula is C17H23N5O2S. The smallest absolute Gasteiger partial charge is 0.252 e. The number of aromatic nitrogens is 3. The summed E-state index contributed by atoms with van der Waals surface area (Å²) in [6, 6.07) is 1.73. The van der Waals surface area contributed by atoms with E-state index in [1.165, 1.54) is 4.88 Å². The van der Waals surface area contributed by atoms with Crippen molar-refractivity contribution in [3.05, 3.63) is 38.2 Å². The van der Waals surface area contributed by atoms with Gasteiger partial charge in [0.2, 0.25) is 11.9 Å². The third-order valence-corrected chi connectivity index (χ3v) is 5.51. The largest absolute Gasteiger partial charge is 0.353 e. The Balaban J connectivity index is 1.49. The molecule has 1 aliphatic rings. The lowest BCUT2D eigenvalue weighted by Gasteiger charge is -2.35. The monoisotopic (exact) mass is 361 g/mol. The van der Waals surface area contributed by atoms with Gasteiger partial charge in [0.05, 0.1) is 16.9 Å². The van der Waals surface area contributed by atoms with Crippen LogP contribution >= 0.6 is 11.3 Å². The summed E-state index contributed by atoms with van der Waals surface area (Å²) >= 11 is 1.60. The summed E-state index contributed by atoms with van der Waals surface area (Å²) < 4.78 is 0. The van der Waals surface area contributed by atoms with Crippen molar-refractivity contribution in [2.45, 2.75) is 44.6 Å². The number of aromatic amines is 1. The Morgan fingerprint density at radius 3 is 2.84 bits per heavy atom. The summed E-state index contributed by atoms with van der Waals surface area (Å²) in [5.41, 5.74) is 3.49. The second-order valence-electron chi connectivity index (χ2n) is 6.68. The molecular weight excluding hydrogens is 338 g/mol. The van der Waals surface area contributed by atoms with Gasteiger partial charge in [-0.05, 0) is 26.2 Å². The zero-order valence-electron chi connectivity index (χ0n) is 14.7. The first-order valence-corrected chi connectivity index (χ1v) is 9.27. The lowest BCUT2D eigenvalue weighted by Crippen LogP contribution is -2.43. The molecule has 2 aromatic rings. The van der Waals surface area contributed by atoms with Crippen LogP contribution in [0.25, 0.3) is 0 Å². The summed E-state index contributed by atoms with van der Waals surface area (Å²) in [7, 11) is 3.69. The average Bonchev–Trinajstić information content (AvgIpc) is 2.93. The van der Waals surface area contributed by atoms with E-state index in [1.54, 1.807) is 22.3 Å². The first-order valence-electron chi connectivity index (χ1n) is 8.39. The van der Waals surface area contributed by atoms with Crippen LogP contribution < -0.4 is 15.8 Å². The highest BCUT2D eigenvalue weighted by Crippen LogP contribution is 2.35. The minimum Gasteiger partial charge on any atom is -0.353 e. The lowest BCUT2D eigenvalue weighted by atomic mass is 9.78. The normalized spacial score (nSPS) is 19.3. The van der Waals surface area contributed by atoms with E-state index in [4.69, 9.17) is 0 Å². The number of nitrogens with one attached hydrogen (secondary N) is 2. The van der Waals surface area contributed by atoms with Crippen molar-refractivity contribution < 1.29 is 4.79 Å². The first-order chi connectivity index (χ1) is 11.9. The quantitative estimate of drug-likeness (QED) is 0.815. The van der Waals surface area contributed by atoms with E-state index in [1.807, 2.05) is 26.5 Å². The Labute approximate surface area is 150 Å². The Kier molecular flexibility index (Phi) is 5.17. The van der Waals surface area contributed by atoms with Crippen molar-refractivity contribution >= 4 is 23.2 Å². The van der Waals surface area contributed by atoms with E-state index in [9.17, 15) is 9.59 Å². The van der Waals surface area contributed by atoms with E-state index in [0.717, 1.165) is 30.7 Å². The van der Waals surface area contributed by atoms with Gasteiger partial charge >= 0.3 is 0 Å². The van der Waals surface area contributed by atoms with Crippen molar-refractivity contribution in [2.75, 3.05) is 19.0 Å². The molecule has 134 valence electrons. The molecule has 25 heavy (non-hydrogen) atoms. The van der Waals surface area contributed by atoms with Gasteiger partial charge in [-0.15, -0.1) is 11.3 Å². The van der Waals surface area contributed by atoms with Crippen molar-refractivity contribution in [2.24, 2.45) is 0 Å². The van der Waals surface area contributed by atoms with Crippen LogP contribution in [0.4, 0.5) is 5.95 Å². The molecule has 0 aliphatic heterocycles. The maximum atomic E-state index is 12.1. The summed E-state index contributed by atoms with van der Waals surface area (Å²) in [6.07, 6.45) is 2.88. The van der Waals surface area contributed by atoms with Crippen molar-refractivity contribution in [3.63, 3.8) is 0 Å². The molecule has 0 atom stereocenters. The number of carbonyl (C=O) groups excluding carboxylic acids is 1. The van der Waals surface area contributed by atoms with Gasteiger partial charge in [0.1, 0.15) is 0 Å². The predicted molar refractivity (Wildman–Crippen MR) is 98.3 cm³/mol. The molecule has 2 aromatic heterocycles. The number of nitrogens with zero attached hydrogens (tertiary/aromatic N) is 3. The van der Waals surface area contributed by atoms with E-state index >= 15 is 0 Å². The average molecular weight is 361 g/mol. The second kappa shape index (κ2) is 7.35. The summed E-state index contributed by atoms with van der Waals surface area (Å²) in [4.78, 5) is 38.2. The Hall–Kier alpha value is -2.22. The van der Waals surface area contributed by atoms with E-state index < -0.39 is 0 Å². The van der Waals surface area contributed by atoms with Gasteiger partial charge in [0.15, 0.2) is 0 Å². The van der Waals surface area contributed by atoms with E-state index in [2.05, 4.69) is 20.3 Å². The zero-order chi connectivity index (χ0) is 18.0. The maximum Gasteiger partial charge on any atom is 0.252 e. The molecule has 1 amide bonds. The molecule has 8 heteroatoms. The zero-order valence-corrected chi connectivity index (χ0v) is 15.5. The molecule has 0 spiro atoms. The van der Waals surface area contributed by atoms with Crippen LogP contribution in [0, 0.1) is 6.92 Å². The number of rotatable bonds is 6. The fourth-order valence-electron chi connectivity index (χ4n) is 2.95. The summed E-state index contributed by atoms with van der Waals surface area (Å²) in [5, 5.41) is 3.07. The Morgan fingerprint density at radius 2 is 2.20 bits per heavy atom. The Morgan fingerprint density at radius 1 is 1.44 bits per heavy atom. The van der Waals surface area contributed by atoms with Gasteiger partial charge in [-0.2, -0.15) is 0 Å². The number of amides is 1. The van der Waals surface area contributed by atoms with Crippen LogP contribution in [0.15, 0.2) is 16.4 Å². The highest BCUT2D eigenvalue weighted by atomic mass is 32.1. The van der Waals surface area contributed by atoms with Gasteiger partial charge < -0.3 is 10.2 Å². The van der Waals surface area contributed by atoms with Crippen LogP contribution in [0.5, 0.6) is 0 Å². The van der Waals surface area contributed by atoms with Gasteiger partial charge in [0, 0.05) is 43.4 Å². The molecule has 0 saturated heterocycles. The summed E-state index contributed by atoms with van der Waals surface area (Å²) in [6.45, 7) is 1.97. The first kappa shape index (κ1) is 17.6. The highest BCUT2D eigenvalue weighted by Gasteiger charge is 2.32. The van der Waals surface area contributed by atoms with Gasteiger partial charge in [-0.1, -0.05) is 0 Å². The molecule has 7 nitrogen and oxygen atoms in total. The van der Waals surface area contributed by atoms with Crippen LogP contribution in [-0.2, 0) is 11.2 Å². The molecule has 2 N–H and O–H groups in total. The molecule has 1 saturated carbocycles. The van der Waals surface area contributed by atoms with Crippen LogP contribution in [0.2, 0.25) is 0 Å². The topological polar surface area (TPSA) is 91.0 Å². The number of carbonyl (C=O) groups is 1. The standard InChI is InChI=1S/C17H23N5O2S/c1-10-14(25-9-18-10)4-5-15(23)19-12-6-11(7-12)13-8-16(24)21-17(20-13)22(2)3/h8-9,11-12H,4-7H2,1-3H3,(H,19,23)(H,20,21,24). The minimum atomic E-state index is -0.138. The number of anilines is 1. The lowest BCUT2D eigenvalue weighted by molar-refractivity contribution is -0.122. The van der Waals surface area contributed by atoms with Crippen molar-refractivity contribution in [1.82, 2.24) is 20.3 Å². The second-order valence-corrected chi connectivity index (χ2v) is 7.62. The predicted octanol–water partition coefficient (Wildman–Crippen LogP) is 1.60. The van der Waals surface area contributed by atoms with Gasteiger partial charge in [0.25, 0.3) is 5.56 Å². The van der Waals surface area contributed by atoms with Crippen LogP contribution in [0.1, 0.15) is 41.4 Å². The highest BCUT2D eigenvalue weighted by molar-refractivity contribution is 7.09. The van der Waals surface area contributed by atoms with Crippen molar-refractivity contribution in [3.8, 4) is 0 Å². The molecule has 0 unspecified atom stereocenters. The van der Waals surface area contributed by atoms with Gasteiger partial charge in [-0.25, -0.2) is 9.97 Å².